The summed E-state index contributed by atoms with van der Waals surface area (Å²) in [7, 11) is 0. The van der Waals surface area contributed by atoms with Crippen LogP contribution in [0.5, 0.6) is 0 Å². The number of rotatable bonds is 4. The molecule has 27 heavy (non-hydrogen) atoms. The predicted molar refractivity (Wildman–Crippen MR) is 90.4 cm³/mol. The van der Waals surface area contributed by atoms with Crippen LogP contribution in [0.15, 0.2) is 29.8 Å². The number of aliphatic hydroxyl groups excluding tert-OH is 1. The van der Waals surface area contributed by atoms with E-state index in [4.69, 9.17) is 9.47 Å². The monoisotopic (exact) mass is 386 g/mol. The summed E-state index contributed by atoms with van der Waals surface area (Å²) in [4.78, 5) is 24.0. The summed E-state index contributed by atoms with van der Waals surface area (Å²) in [5.41, 5.74) is -3.39. The van der Waals surface area contributed by atoms with Gasteiger partial charge in [-0.2, -0.15) is 13.2 Å². The fourth-order valence-electron chi connectivity index (χ4n) is 2.52. The van der Waals surface area contributed by atoms with Crippen LogP contribution in [0.1, 0.15) is 38.3 Å². The highest BCUT2D eigenvalue weighted by molar-refractivity contribution is 5.96. The fraction of sp³-hybridized carbons (Fsp3) is 0.474. The molecule has 148 valence electrons. The van der Waals surface area contributed by atoms with Crippen LogP contribution in [0.2, 0.25) is 0 Å². The zero-order valence-corrected chi connectivity index (χ0v) is 15.2. The molecule has 1 aliphatic heterocycles. The van der Waals surface area contributed by atoms with E-state index in [0.29, 0.717) is 0 Å². The Kier molecular flexibility index (Phi) is 5.70. The average molecular weight is 386 g/mol. The minimum absolute atomic E-state index is 0.0347. The molecule has 1 fully saturated rings. The molecule has 1 aliphatic rings. The van der Waals surface area contributed by atoms with Gasteiger partial charge >= 0.3 is 18.1 Å². The number of hydrogen-bond acceptors (Lipinski definition) is 5. The van der Waals surface area contributed by atoms with Gasteiger partial charge in [-0.15, -0.1) is 0 Å². The number of ether oxygens (including phenoxy) is 2. The first-order valence-electron chi connectivity index (χ1n) is 8.26. The standard InChI is InChI=1S/C19H21F3O5/c1-17(2,3)16(25)26-11-18(10-23)9-13(15(24)27-18)8-12-6-4-5-7-14(12)19(20,21)22/h4-8,23H,9-11H2,1-3H3/b13-8-. The van der Waals surface area contributed by atoms with Gasteiger partial charge < -0.3 is 14.6 Å². The molecule has 5 nitrogen and oxygen atoms in total. The van der Waals surface area contributed by atoms with Crippen LogP contribution in [0.25, 0.3) is 6.08 Å². The number of hydrogen-bond donors (Lipinski definition) is 1. The summed E-state index contributed by atoms with van der Waals surface area (Å²) in [5, 5.41) is 9.64. The third-order valence-corrected chi connectivity index (χ3v) is 4.05. The van der Waals surface area contributed by atoms with E-state index in [2.05, 4.69) is 0 Å². The number of halogens is 3. The van der Waals surface area contributed by atoms with Gasteiger partial charge in [-0.25, -0.2) is 4.79 Å². The molecule has 0 radical (unpaired) electrons. The van der Waals surface area contributed by atoms with Gasteiger partial charge in [0, 0.05) is 12.0 Å². The zero-order valence-electron chi connectivity index (χ0n) is 15.2. The van der Waals surface area contributed by atoms with Crippen molar-refractivity contribution in [2.24, 2.45) is 5.41 Å². The highest BCUT2D eigenvalue weighted by atomic mass is 19.4. The van der Waals surface area contributed by atoms with E-state index in [1.54, 1.807) is 20.8 Å². The lowest BCUT2D eigenvalue weighted by molar-refractivity contribution is -0.171. The van der Waals surface area contributed by atoms with Gasteiger partial charge in [-0.1, -0.05) is 18.2 Å². The van der Waals surface area contributed by atoms with Gasteiger partial charge in [-0.3, -0.25) is 4.79 Å². The maximum absolute atomic E-state index is 13.1. The lowest BCUT2D eigenvalue weighted by Crippen LogP contribution is -2.40. The van der Waals surface area contributed by atoms with Crippen molar-refractivity contribution in [2.45, 2.75) is 39.0 Å². The number of benzene rings is 1. The molecule has 0 amide bonds. The van der Waals surface area contributed by atoms with Crippen LogP contribution in [-0.2, 0) is 25.2 Å². The predicted octanol–water partition coefficient (Wildman–Crippen LogP) is 3.36. The first-order valence-corrected chi connectivity index (χ1v) is 8.26. The van der Waals surface area contributed by atoms with Crippen molar-refractivity contribution < 1.29 is 37.3 Å². The van der Waals surface area contributed by atoms with Gasteiger partial charge in [0.1, 0.15) is 6.61 Å². The van der Waals surface area contributed by atoms with E-state index < -0.39 is 41.3 Å². The van der Waals surface area contributed by atoms with Crippen molar-refractivity contribution in [2.75, 3.05) is 13.2 Å². The Morgan fingerprint density at radius 1 is 1.30 bits per heavy atom. The first kappa shape index (κ1) is 21.0. The molecule has 0 aliphatic carbocycles. The molecule has 1 aromatic rings. The van der Waals surface area contributed by atoms with E-state index in [1.807, 2.05) is 0 Å². The Labute approximate surface area is 154 Å². The Bertz CT molecular complexity index is 761. The highest BCUT2D eigenvalue weighted by Gasteiger charge is 2.45. The van der Waals surface area contributed by atoms with Crippen molar-refractivity contribution in [1.82, 2.24) is 0 Å². The summed E-state index contributed by atoms with van der Waals surface area (Å²) in [6, 6.07) is 4.83. The van der Waals surface area contributed by atoms with Crippen LogP contribution in [0.4, 0.5) is 13.2 Å². The Hall–Kier alpha value is -2.35. The largest absolute Gasteiger partial charge is 0.461 e. The molecule has 1 unspecified atom stereocenters. The van der Waals surface area contributed by atoms with Crippen molar-refractivity contribution in [3.8, 4) is 0 Å². The minimum atomic E-state index is -4.58. The molecule has 0 bridgehead atoms. The van der Waals surface area contributed by atoms with Crippen molar-refractivity contribution >= 4 is 18.0 Å². The number of carbonyl (C=O) groups excluding carboxylic acids is 2. The topological polar surface area (TPSA) is 72.8 Å². The molecule has 0 saturated carbocycles. The molecular formula is C19H21F3O5. The molecule has 1 heterocycles. The van der Waals surface area contributed by atoms with Gasteiger partial charge in [0.05, 0.1) is 17.6 Å². The number of aliphatic hydroxyl groups is 1. The normalized spacial score (nSPS) is 22.0. The molecule has 0 aromatic heterocycles. The molecule has 1 N–H and O–H groups in total. The van der Waals surface area contributed by atoms with Crippen LogP contribution in [-0.4, -0.2) is 35.9 Å². The maximum Gasteiger partial charge on any atom is 0.416 e. The molecular weight excluding hydrogens is 365 g/mol. The van der Waals surface area contributed by atoms with Gasteiger partial charge in [0.2, 0.25) is 0 Å². The van der Waals surface area contributed by atoms with E-state index in [9.17, 15) is 27.9 Å². The summed E-state index contributed by atoms with van der Waals surface area (Å²) in [5.74, 6) is -1.40. The highest BCUT2D eigenvalue weighted by Crippen LogP contribution is 2.36. The molecule has 0 spiro atoms. The van der Waals surface area contributed by atoms with Crippen LogP contribution in [0.3, 0.4) is 0 Å². The average Bonchev–Trinajstić information content (AvgIpc) is 2.88. The third kappa shape index (κ3) is 4.88. The van der Waals surface area contributed by atoms with E-state index >= 15 is 0 Å². The van der Waals surface area contributed by atoms with Crippen LogP contribution >= 0.6 is 0 Å². The third-order valence-electron chi connectivity index (χ3n) is 4.05. The van der Waals surface area contributed by atoms with E-state index in [1.165, 1.54) is 18.2 Å². The second-order valence-electron chi connectivity index (χ2n) is 7.49. The molecule has 1 aromatic carbocycles. The maximum atomic E-state index is 13.1. The fourth-order valence-corrected chi connectivity index (χ4v) is 2.52. The summed E-state index contributed by atoms with van der Waals surface area (Å²) >= 11 is 0. The first-order chi connectivity index (χ1) is 12.4. The number of esters is 2. The molecule has 1 saturated heterocycles. The lowest BCUT2D eigenvalue weighted by atomic mass is 9.95. The van der Waals surface area contributed by atoms with Crippen LogP contribution in [0, 0.1) is 5.41 Å². The van der Waals surface area contributed by atoms with E-state index in [-0.39, 0.29) is 24.2 Å². The molecule has 8 heteroatoms. The Morgan fingerprint density at radius 3 is 2.48 bits per heavy atom. The number of alkyl halides is 3. The summed E-state index contributed by atoms with van der Waals surface area (Å²) in [6.45, 7) is 3.90. The lowest BCUT2D eigenvalue weighted by Gasteiger charge is -2.26. The number of cyclic esters (lactones) is 1. The minimum Gasteiger partial charge on any atom is -0.461 e. The van der Waals surface area contributed by atoms with Crippen molar-refractivity contribution in [1.29, 1.82) is 0 Å². The smallest absolute Gasteiger partial charge is 0.416 e. The number of carbonyl (C=O) groups is 2. The van der Waals surface area contributed by atoms with Crippen molar-refractivity contribution in [3.63, 3.8) is 0 Å². The second-order valence-corrected chi connectivity index (χ2v) is 7.49. The van der Waals surface area contributed by atoms with E-state index in [0.717, 1.165) is 12.1 Å². The summed E-state index contributed by atoms with van der Waals surface area (Å²) in [6.07, 6.45) is -3.66. The Balaban J connectivity index is 2.26. The molecule has 2 rings (SSSR count). The second kappa shape index (κ2) is 7.34. The molecule has 1 atom stereocenters. The quantitative estimate of drug-likeness (QED) is 0.635. The Morgan fingerprint density at radius 2 is 1.93 bits per heavy atom. The summed E-state index contributed by atoms with van der Waals surface area (Å²) < 4.78 is 49.6. The van der Waals surface area contributed by atoms with Crippen molar-refractivity contribution in [3.05, 3.63) is 41.0 Å². The van der Waals surface area contributed by atoms with Gasteiger partial charge in [-0.05, 0) is 38.5 Å². The zero-order chi connectivity index (χ0) is 20.5. The van der Waals surface area contributed by atoms with Gasteiger partial charge in [0.25, 0.3) is 0 Å². The SMILES string of the molecule is CC(C)(C)C(=O)OCC1(CO)C/C(=C/c2ccccc2C(F)(F)F)C(=O)O1. The van der Waals surface area contributed by atoms with Gasteiger partial charge in [0.15, 0.2) is 5.60 Å². The van der Waals surface area contributed by atoms with Crippen LogP contribution < -0.4 is 0 Å².